The summed E-state index contributed by atoms with van der Waals surface area (Å²) < 4.78 is 11.8. The van der Waals surface area contributed by atoms with E-state index in [9.17, 15) is 4.79 Å². The van der Waals surface area contributed by atoms with Gasteiger partial charge < -0.3 is 14.4 Å². The van der Waals surface area contributed by atoms with Gasteiger partial charge in [0.25, 0.3) is 0 Å². The summed E-state index contributed by atoms with van der Waals surface area (Å²) >= 11 is 0. The number of hydrogen-bond acceptors (Lipinski definition) is 4. The fourth-order valence-electron chi connectivity index (χ4n) is 5.47. The summed E-state index contributed by atoms with van der Waals surface area (Å²) in [6, 6.07) is 28.6. The maximum Gasteiger partial charge on any atom is 0.183 e. The third-order valence-corrected chi connectivity index (χ3v) is 7.08. The SMILES string of the molecule is COc1ccc([C@@H]2c3c(ccc4ccccc34)O[C@H]2C(=O)C2CN(C)c3ccccc32)cc1. The lowest BCUT2D eigenvalue weighted by atomic mass is 9.81. The number of methoxy groups -OCH3 is 1. The summed E-state index contributed by atoms with van der Waals surface area (Å²) in [6.45, 7) is 0.671. The van der Waals surface area contributed by atoms with Crippen LogP contribution in [0.3, 0.4) is 0 Å². The predicted molar refractivity (Wildman–Crippen MR) is 131 cm³/mol. The summed E-state index contributed by atoms with van der Waals surface area (Å²) in [5.74, 6) is 1.34. The van der Waals surface area contributed by atoms with Gasteiger partial charge in [-0.25, -0.2) is 0 Å². The Kier molecular flexibility index (Phi) is 4.61. The van der Waals surface area contributed by atoms with E-state index >= 15 is 0 Å². The fourth-order valence-corrected chi connectivity index (χ4v) is 5.47. The number of carbonyl (C=O) groups is 1. The quantitative estimate of drug-likeness (QED) is 0.422. The van der Waals surface area contributed by atoms with Crippen LogP contribution in [0.2, 0.25) is 0 Å². The van der Waals surface area contributed by atoms with Crippen LogP contribution in [0.1, 0.15) is 28.5 Å². The zero-order chi connectivity index (χ0) is 22.5. The van der Waals surface area contributed by atoms with E-state index in [2.05, 4.69) is 47.4 Å². The number of para-hydroxylation sites is 1. The number of ketones is 1. The highest BCUT2D eigenvalue weighted by atomic mass is 16.5. The van der Waals surface area contributed by atoms with E-state index < -0.39 is 6.10 Å². The van der Waals surface area contributed by atoms with Crippen LogP contribution in [-0.4, -0.2) is 32.6 Å². The summed E-state index contributed by atoms with van der Waals surface area (Å²) in [6.07, 6.45) is -0.580. The van der Waals surface area contributed by atoms with E-state index in [4.69, 9.17) is 9.47 Å². The Labute approximate surface area is 193 Å². The molecule has 0 spiro atoms. The summed E-state index contributed by atoms with van der Waals surface area (Å²) in [5, 5.41) is 2.28. The number of hydrogen-bond donors (Lipinski definition) is 0. The highest BCUT2D eigenvalue weighted by molar-refractivity contribution is 5.98. The van der Waals surface area contributed by atoms with E-state index in [-0.39, 0.29) is 17.6 Å². The van der Waals surface area contributed by atoms with Crippen LogP contribution in [0, 0.1) is 0 Å². The molecule has 0 saturated heterocycles. The number of likely N-dealkylation sites (N-methyl/N-ethyl adjacent to an activating group) is 1. The number of carbonyl (C=O) groups excluding carboxylic acids is 1. The third kappa shape index (κ3) is 3.09. The molecule has 164 valence electrons. The molecular weight excluding hydrogens is 410 g/mol. The standard InChI is InChI=1S/C29H25NO3/c1-30-17-23(22-9-5-6-10-24(22)30)28(31)29-26(19-11-14-20(32-2)15-12-19)27-21-8-4-3-7-18(21)13-16-25(27)33-29/h3-16,23,26,29H,17H2,1-2H3/t23?,26-,29-/m1/s1. The van der Waals surface area contributed by atoms with Crippen LogP contribution in [0.15, 0.2) is 84.9 Å². The molecule has 2 aliphatic rings. The largest absolute Gasteiger partial charge is 0.497 e. The lowest BCUT2D eigenvalue weighted by molar-refractivity contribution is -0.126. The van der Waals surface area contributed by atoms with Crippen molar-refractivity contribution in [1.82, 2.24) is 0 Å². The number of rotatable bonds is 4. The highest BCUT2D eigenvalue weighted by Gasteiger charge is 2.45. The third-order valence-electron chi connectivity index (χ3n) is 7.08. The van der Waals surface area contributed by atoms with Gasteiger partial charge in [-0.05, 0) is 46.2 Å². The average molecular weight is 436 g/mol. The topological polar surface area (TPSA) is 38.8 Å². The van der Waals surface area contributed by atoms with Crippen molar-refractivity contribution in [2.45, 2.75) is 17.9 Å². The zero-order valence-electron chi connectivity index (χ0n) is 18.7. The van der Waals surface area contributed by atoms with E-state index in [0.717, 1.165) is 44.6 Å². The van der Waals surface area contributed by atoms with Crippen molar-refractivity contribution in [3.05, 3.63) is 102 Å². The van der Waals surface area contributed by atoms with Gasteiger partial charge in [0, 0.05) is 24.8 Å². The van der Waals surface area contributed by atoms with Crippen molar-refractivity contribution >= 4 is 22.2 Å². The van der Waals surface area contributed by atoms with E-state index in [1.807, 2.05) is 49.5 Å². The minimum atomic E-state index is -0.580. The smallest absolute Gasteiger partial charge is 0.183 e. The van der Waals surface area contributed by atoms with E-state index in [1.165, 1.54) is 0 Å². The molecule has 0 N–H and O–H groups in total. The summed E-state index contributed by atoms with van der Waals surface area (Å²) in [5.41, 5.74) is 4.36. The van der Waals surface area contributed by atoms with Gasteiger partial charge in [-0.1, -0.05) is 60.7 Å². The Morgan fingerprint density at radius 3 is 2.52 bits per heavy atom. The molecule has 0 fully saturated rings. The van der Waals surface area contributed by atoms with Crippen LogP contribution < -0.4 is 14.4 Å². The molecule has 3 atom stereocenters. The molecule has 2 aliphatic heterocycles. The minimum absolute atomic E-state index is 0.132. The first-order chi connectivity index (χ1) is 16.2. The predicted octanol–water partition coefficient (Wildman–Crippen LogP) is 5.54. The van der Waals surface area contributed by atoms with Crippen molar-refractivity contribution in [2.24, 2.45) is 0 Å². The van der Waals surface area contributed by atoms with Gasteiger partial charge in [-0.2, -0.15) is 0 Å². The lowest BCUT2D eigenvalue weighted by Gasteiger charge is -2.22. The molecule has 0 aromatic heterocycles. The van der Waals surface area contributed by atoms with E-state index in [0.29, 0.717) is 6.54 Å². The van der Waals surface area contributed by atoms with Gasteiger partial charge in [-0.15, -0.1) is 0 Å². The molecule has 0 amide bonds. The number of benzene rings is 4. The molecule has 4 nitrogen and oxygen atoms in total. The lowest BCUT2D eigenvalue weighted by Crippen LogP contribution is -2.35. The number of nitrogens with zero attached hydrogens (tertiary/aromatic N) is 1. The maximum absolute atomic E-state index is 14.1. The Morgan fingerprint density at radius 2 is 1.70 bits per heavy atom. The molecule has 4 aromatic rings. The van der Waals surface area contributed by atoms with Crippen molar-refractivity contribution in [3.63, 3.8) is 0 Å². The molecular formula is C29H25NO3. The molecule has 4 aromatic carbocycles. The van der Waals surface area contributed by atoms with Gasteiger partial charge in [-0.3, -0.25) is 4.79 Å². The van der Waals surface area contributed by atoms with Gasteiger partial charge in [0.05, 0.1) is 18.9 Å². The normalized spacial score (nSPS) is 20.9. The molecule has 2 heterocycles. The molecule has 0 radical (unpaired) electrons. The second kappa shape index (κ2) is 7.66. The monoisotopic (exact) mass is 435 g/mol. The summed E-state index contributed by atoms with van der Waals surface area (Å²) in [4.78, 5) is 16.3. The second-order valence-electron chi connectivity index (χ2n) is 8.88. The highest BCUT2D eigenvalue weighted by Crippen LogP contribution is 2.48. The van der Waals surface area contributed by atoms with Crippen molar-refractivity contribution in [3.8, 4) is 11.5 Å². The van der Waals surface area contributed by atoms with Crippen LogP contribution >= 0.6 is 0 Å². The van der Waals surface area contributed by atoms with Gasteiger partial charge in [0.1, 0.15) is 11.5 Å². The average Bonchev–Trinajstić information content (AvgIpc) is 3.42. The molecule has 1 unspecified atom stereocenters. The number of Topliss-reactive ketones (excluding diaryl/α,β-unsaturated/α-hetero) is 1. The van der Waals surface area contributed by atoms with Gasteiger partial charge >= 0.3 is 0 Å². The molecule has 0 bridgehead atoms. The maximum atomic E-state index is 14.1. The van der Waals surface area contributed by atoms with Gasteiger partial charge in [0.15, 0.2) is 11.9 Å². The first kappa shape index (κ1) is 19.9. The van der Waals surface area contributed by atoms with Crippen LogP contribution in [0.4, 0.5) is 5.69 Å². The van der Waals surface area contributed by atoms with Crippen LogP contribution in [0.5, 0.6) is 11.5 Å². The number of fused-ring (bicyclic) bond motifs is 4. The number of ether oxygens (including phenoxy) is 2. The van der Waals surface area contributed by atoms with Crippen LogP contribution in [-0.2, 0) is 4.79 Å². The van der Waals surface area contributed by atoms with Crippen molar-refractivity contribution in [1.29, 1.82) is 0 Å². The Hall–Kier alpha value is -3.79. The second-order valence-corrected chi connectivity index (χ2v) is 8.88. The summed E-state index contributed by atoms with van der Waals surface area (Å²) in [7, 11) is 3.71. The van der Waals surface area contributed by atoms with Crippen LogP contribution in [0.25, 0.3) is 10.8 Å². The van der Waals surface area contributed by atoms with E-state index in [1.54, 1.807) is 7.11 Å². The molecule has 0 aliphatic carbocycles. The van der Waals surface area contributed by atoms with Crippen molar-refractivity contribution < 1.29 is 14.3 Å². The molecule has 0 saturated carbocycles. The first-order valence-electron chi connectivity index (χ1n) is 11.3. The molecule has 6 rings (SSSR count). The Bertz CT molecular complexity index is 1360. The van der Waals surface area contributed by atoms with Gasteiger partial charge in [0.2, 0.25) is 0 Å². The molecule has 33 heavy (non-hydrogen) atoms. The Balaban J connectivity index is 1.48. The minimum Gasteiger partial charge on any atom is -0.497 e. The Morgan fingerprint density at radius 1 is 0.939 bits per heavy atom. The zero-order valence-corrected chi connectivity index (χ0v) is 18.7. The number of anilines is 1. The first-order valence-corrected chi connectivity index (χ1v) is 11.3. The fraction of sp³-hybridized carbons (Fsp3) is 0.207. The van der Waals surface area contributed by atoms with Crippen molar-refractivity contribution in [2.75, 3.05) is 25.6 Å². The molecule has 4 heteroatoms.